The number of nitrogens with one attached hydrogen (secondary N) is 1. The second-order valence-corrected chi connectivity index (χ2v) is 7.58. The van der Waals surface area contributed by atoms with Gasteiger partial charge in [0.15, 0.2) is 9.84 Å². The van der Waals surface area contributed by atoms with Gasteiger partial charge < -0.3 is 11.1 Å². The highest BCUT2D eigenvalue weighted by Crippen LogP contribution is 2.19. The number of aromatic nitrogens is 2. The fourth-order valence-electron chi connectivity index (χ4n) is 2.37. The summed E-state index contributed by atoms with van der Waals surface area (Å²) in [5.41, 5.74) is 7.80. The maximum Gasteiger partial charge on any atom is 0.241 e. The molecule has 1 aromatic heterocycles. The Kier molecular flexibility index (Phi) is 4.03. The average Bonchev–Trinajstić information content (AvgIpc) is 2.82. The molecule has 1 fully saturated rings. The number of sulfone groups is 1. The maximum absolute atomic E-state index is 11.8. The molecule has 0 spiro atoms. The van der Waals surface area contributed by atoms with Crippen molar-refractivity contribution in [3.8, 4) is 0 Å². The fourth-order valence-corrected chi connectivity index (χ4v) is 4.14. The van der Waals surface area contributed by atoms with Gasteiger partial charge in [-0.25, -0.2) is 8.42 Å². The van der Waals surface area contributed by atoms with Crippen LogP contribution in [-0.2, 0) is 21.2 Å². The van der Waals surface area contributed by atoms with E-state index in [1.165, 1.54) is 4.68 Å². The largest absolute Gasteiger partial charge is 0.396 e. The van der Waals surface area contributed by atoms with Crippen molar-refractivity contribution in [2.45, 2.75) is 38.5 Å². The zero-order valence-electron chi connectivity index (χ0n) is 11.7. The minimum Gasteiger partial charge on any atom is -0.396 e. The van der Waals surface area contributed by atoms with Gasteiger partial charge in [0, 0.05) is 6.54 Å². The van der Waals surface area contributed by atoms with Crippen LogP contribution in [0.15, 0.2) is 0 Å². The quantitative estimate of drug-likeness (QED) is 0.799. The summed E-state index contributed by atoms with van der Waals surface area (Å²) in [5, 5.41) is 6.39. The van der Waals surface area contributed by atoms with Crippen LogP contribution in [0.1, 0.15) is 24.2 Å². The lowest BCUT2D eigenvalue weighted by atomic mass is 10.2. The van der Waals surface area contributed by atoms with Gasteiger partial charge >= 0.3 is 0 Å². The summed E-state index contributed by atoms with van der Waals surface area (Å²) in [6.07, 6.45) is 1.30. The highest BCUT2D eigenvalue weighted by Gasteiger charge is 2.31. The molecule has 20 heavy (non-hydrogen) atoms. The Morgan fingerprint density at radius 2 is 2.20 bits per heavy atom. The van der Waals surface area contributed by atoms with Gasteiger partial charge in [-0.15, -0.1) is 0 Å². The standard InChI is InChI=1S/C12H20N4O3S/c1-8-12(13)9(2)16(15-8)7-11(17)14-6-10-4-3-5-20(10,18)19/h10H,3-7,13H2,1-2H3,(H,14,17). The Bertz CT molecular complexity index is 621. The van der Waals surface area contributed by atoms with Crippen molar-refractivity contribution in [2.75, 3.05) is 18.0 Å². The number of aryl methyl sites for hydroxylation is 1. The zero-order chi connectivity index (χ0) is 14.9. The van der Waals surface area contributed by atoms with E-state index < -0.39 is 15.1 Å². The first-order chi connectivity index (χ1) is 9.31. The molecule has 1 atom stereocenters. The summed E-state index contributed by atoms with van der Waals surface area (Å²) in [7, 11) is -3.02. The van der Waals surface area contributed by atoms with E-state index in [1.807, 2.05) is 0 Å². The van der Waals surface area contributed by atoms with Gasteiger partial charge in [0.05, 0.1) is 28.1 Å². The molecule has 8 heteroatoms. The van der Waals surface area contributed by atoms with Crippen molar-refractivity contribution >= 4 is 21.4 Å². The maximum atomic E-state index is 11.8. The highest BCUT2D eigenvalue weighted by atomic mass is 32.2. The van der Waals surface area contributed by atoms with Crippen molar-refractivity contribution in [3.63, 3.8) is 0 Å². The van der Waals surface area contributed by atoms with Gasteiger partial charge in [-0.3, -0.25) is 9.48 Å². The summed E-state index contributed by atoms with van der Waals surface area (Å²) in [5.74, 6) is -0.0284. The molecule has 3 N–H and O–H groups in total. The molecule has 1 aliphatic rings. The third kappa shape index (κ3) is 2.95. The Morgan fingerprint density at radius 1 is 1.50 bits per heavy atom. The van der Waals surface area contributed by atoms with E-state index >= 15 is 0 Å². The Hall–Kier alpha value is -1.57. The van der Waals surface area contributed by atoms with E-state index in [1.54, 1.807) is 13.8 Å². The van der Waals surface area contributed by atoms with Crippen LogP contribution in [0.5, 0.6) is 0 Å². The normalized spacial score (nSPS) is 21.0. The minimum absolute atomic E-state index is 0.0522. The second kappa shape index (κ2) is 5.43. The summed E-state index contributed by atoms with van der Waals surface area (Å²) in [4.78, 5) is 11.8. The van der Waals surface area contributed by atoms with Crippen molar-refractivity contribution in [3.05, 3.63) is 11.4 Å². The molecule has 1 aromatic rings. The molecule has 0 radical (unpaired) electrons. The van der Waals surface area contributed by atoms with Gasteiger partial charge in [-0.05, 0) is 26.7 Å². The third-order valence-electron chi connectivity index (χ3n) is 3.72. The summed E-state index contributed by atoms with van der Waals surface area (Å²) in [6.45, 7) is 3.80. The van der Waals surface area contributed by atoms with E-state index in [0.717, 1.165) is 5.69 Å². The second-order valence-electron chi connectivity index (χ2n) is 5.18. The van der Waals surface area contributed by atoms with Gasteiger partial charge in [0.25, 0.3) is 0 Å². The highest BCUT2D eigenvalue weighted by molar-refractivity contribution is 7.92. The fraction of sp³-hybridized carbons (Fsp3) is 0.667. The average molecular weight is 300 g/mol. The summed E-state index contributed by atoms with van der Waals surface area (Å²) < 4.78 is 24.8. The number of rotatable bonds is 4. The van der Waals surface area contributed by atoms with Gasteiger partial charge in [0.1, 0.15) is 6.54 Å². The lowest BCUT2D eigenvalue weighted by molar-refractivity contribution is -0.121. The molecule has 2 rings (SSSR count). The number of carbonyl (C=O) groups is 1. The number of anilines is 1. The van der Waals surface area contributed by atoms with Crippen molar-refractivity contribution in [1.29, 1.82) is 0 Å². The predicted molar refractivity (Wildman–Crippen MR) is 75.9 cm³/mol. The van der Waals surface area contributed by atoms with E-state index in [0.29, 0.717) is 24.2 Å². The molecule has 1 saturated heterocycles. The topological polar surface area (TPSA) is 107 Å². The molecule has 1 amide bonds. The van der Waals surface area contributed by atoms with Crippen molar-refractivity contribution in [2.24, 2.45) is 0 Å². The number of nitrogens with zero attached hydrogens (tertiary/aromatic N) is 2. The molecule has 1 unspecified atom stereocenters. The lowest BCUT2D eigenvalue weighted by Gasteiger charge is -2.11. The first-order valence-corrected chi connectivity index (χ1v) is 8.30. The Balaban J connectivity index is 1.91. The van der Waals surface area contributed by atoms with Gasteiger partial charge in [-0.1, -0.05) is 0 Å². The molecule has 0 aliphatic carbocycles. The zero-order valence-corrected chi connectivity index (χ0v) is 12.5. The Labute approximate surface area is 118 Å². The summed E-state index contributed by atoms with van der Waals surface area (Å²) in [6, 6.07) is 0. The van der Waals surface area contributed by atoms with Crippen LogP contribution in [0.25, 0.3) is 0 Å². The number of hydrogen-bond acceptors (Lipinski definition) is 5. The van der Waals surface area contributed by atoms with Gasteiger partial charge in [-0.2, -0.15) is 5.10 Å². The SMILES string of the molecule is Cc1nn(CC(=O)NCC2CCCS2(=O)=O)c(C)c1N. The smallest absolute Gasteiger partial charge is 0.241 e. The van der Waals surface area contributed by atoms with Crippen LogP contribution in [0, 0.1) is 13.8 Å². The van der Waals surface area contributed by atoms with Crippen molar-refractivity contribution in [1.82, 2.24) is 15.1 Å². The molecule has 1 aliphatic heterocycles. The number of hydrogen-bond donors (Lipinski definition) is 2. The first-order valence-electron chi connectivity index (χ1n) is 6.59. The molecule has 0 bridgehead atoms. The van der Waals surface area contributed by atoms with Crippen LogP contribution in [-0.4, -0.2) is 41.7 Å². The van der Waals surface area contributed by atoms with Crippen LogP contribution in [0.2, 0.25) is 0 Å². The van der Waals surface area contributed by atoms with Crippen LogP contribution in [0.3, 0.4) is 0 Å². The molecule has 0 aromatic carbocycles. The number of amides is 1. The third-order valence-corrected chi connectivity index (χ3v) is 6.00. The minimum atomic E-state index is -3.02. The monoisotopic (exact) mass is 300 g/mol. The van der Waals surface area contributed by atoms with Gasteiger partial charge in [0.2, 0.25) is 5.91 Å². The lowest BCUT2D eigenvalue weighted by Crippen LogP contribution is -2.36. The van der Waals surface area contributed by atoms with Crippen LogP contribution in [0.4, 0.5) is 5.69 Å². The predicted octanol–water partition coefficient (Wildman–Crippen LogP) is -0.224. The van der Waals surface area contributed by atoms with Crippen molar-refractivity contribution < 1.29 is 13.2 Å². The Morgan fingerprint density at radius 3 is 2.70 bits per heavy atom. The molecule has 0 saturated carbocycles. The molecule has 7 nitrogen and oxygen atoms in total. The van der Waals surface area contributed by atoms with Crippen LogP contribution < -0.4 is 11.1 Å². The first kappa shape index (κ1) is 14.8. The number of nitrogens with two attached hydrogens (primary N) is 1. The molecule has 2 heterocycles. The molecule has 112 valence electrons. The number of nitrogen functional groups attached to an aromatic ring is 1. The summed E-state index contributed by atoms with van der Waals surface area (Å²) >= 11 is 0. The van der Waals surface area contributed by atoms with Crippen LogP contribution >= 0.6 is 0 Å². The van der Waals surface area contributed by atoms with E-state index in [-0.39, 0.29) is 24.7 Å². The van der Waals surface area contributed by atoms with E-state index in [2.05, 4.69) is 10.4 Å². The van der Waals surface area contributed by atoms with E-state index in [9.17, 15) is 13.2 Å². The molecular formula is C12H20N4O3S. The van der Waals surface area contributed by atoms with E-state index in [4.69, 9.17) is 5.73 Å². The number of carbonyl (C=O) groups excluding carboxylic acids is 1. The molecular weight excluding hydrogens is 280 g/mol.